The number of rotatable bonds is 8. The largest absolute Gasteiger partial charge is 0.677 e. The third-order valence-corrected chi connectivity index (χ3v) is 5.99. The maximum atomic E-state index is 12.7. The number of carbonyl (C=O) groups is 2. The number of amides is 1. The van der Waals surface area contributed by atoms with E-state index in [0.717, 1.165) is 24.2 Å². The second-order valence-corrected chi connectivity index (χ2v) is 8.85. The van der Waals surface area contributed by atoms with E-state index in [1.54, 1.807) is 55.6 Å². The number of aromatic nitrogens is 1. The van der Waals surface area contributed by atoms with Crippen molar-refractivity contribution in [1.29, 1.82) is 0 Å². The van der Waals surface area contributed by atoms with Crippen molar-refractivity contribution in [3.8, 4) is 11.1 Å². The summed E-state index contributed by atoms with van der Waals surface area (Å²) in [6.07, 6.45) is -3.43. The number of alkyl halides is 3. The fourth-order valence-electron chi connectivity index (χ4n) is 3.90. The van der Waals surface area contributed by atoms with Crippen LogP contribution >= 0.6 is 0 Å². The molecule has 0 radical (unpaired) electrons. The maximum absolute atomic E-state index is 12.7. The smallest absolute Gasteiger partial charge is 0.416 e. The van der Waals surface area contributed by atoms with Gasteiger partial charge in [0.1, 0.15) is 6.10 Å². The molecule has 1 heterocycles. The molecule has 1 atom stereocenters. The Balaban J connectivity index is 0.000000436. The van der Waals surface area contributed by atoms with Crippen LogP contribution in [0.15, 0.2) is 97.2 Å². The molecule has 0 saturated carbocycles. The number of nitrogens with zero attached hydrogens (tertiary/aromatic N) is 1. The molecule has 3 aromatic carbocycles. The van der Waals surface area contributed by atoms with E-state index in [4.69, 9.17) is 10.5 Å². The predicted molar refractivity (Wildman–Crippen MR) is 149 cm³/mol. The van der Waals surface area contributed by atoms with E-state index in [-0.39, 0.29) is 12.1 Å². The van der Waals surface area contributed by atoms with Crippen LogP contribution in [0.3, 0.4) is 0 Å². The van der Waals surface area contributed by atoms with Crippen LogP contribution in [-0.2, 0) is 23.9 Å². The van der Waals surface area contributed by atoms with Crippen LogP contribution in [0, 0.1) is 0 Å². The summed E-state index contributed by atoms with van der Waals surface area (Å²) >= 11 is 0. The zero-order valence-corrected chi connectivity index (χ0v) is 22.2. The predicted octanol–water partition coefficient (Wildman–Crippen LogP) is 7.73. The number of hydrogen-bond donors (Lipinski definition) is 2. The molecule has 0 fully saturated rings. The van der Waals surface area contributed by atoms with Crippen molar-refractivity contribution in [1.82, 2.24) is 10.3 Å². The van der Waals surface area contributed by atoms with E-state index < -0.39 is 29.9 Å². The first-order valence-corrected chi connectivity index (χ1v) is 12.7. The van der Waals surface area contributed by atoms with Crippen molar-refractivity contribution in [3.63, 3.8) is 0 Å². The molecular formula is C31H29F3N3O4-. The number of ether oxygens (including phenoxy) is 1. The van der Waals surface area contributed by atoms with Gasteiger partial charge in [-0.1, -0.05) is 60.7 Å². The molecule has 3 N–H and O–H groups in total. The number of hydrogen-bond acceptors (Lipinski definition) is 4. The third-order valence-electron chi connectivity index (χ3n) is 5.99. The number of pyridine rings is 1. The average molecular weight is 565 g/mol. The number of carboxylic acids is 1. The minimum atomic E-state index is -4.44. The van der Waals surface area contributed by atoms with Crippen molar-refractivity contribution in [2.45, 2.75) is 32.2 Å². The van der Waals surface area contributed by atoms with Gasteiger partial charge in [-0.15, -0.1) is 6.54 Å². The number of halogens is 3. The summed E-state index contributed by atoms with van der Waals surface area (Å²) in [5.41, 5.74) is 9.54. The summed E-state index contributed by atoms with van der Waals surface area (Å²) < 4.78 is 43.3. The first kappa shape index (κ1) is 30.8. The van der Waals surface area contributed by atoms with Crippen molar-refractivity contribution in [2.75, 3.05) is 6.54 Å². The lowest BCUT2D eigenvalue weighted by molar-refractivity contribution is -0.137. The van der Waals surface area contributed by atoms with Gasteiger partial charge in [0, 0.05) is 18.4 Å². The number of benzene rings is 3. The van der Waals surface area contributed by atoms with E-state index in [2.05, 4.69) is 10.3 Å². The minimum absolute atomic E-state index is 0.0721. The van der Waals surface area contributed by atoms with Crippen LogP contribution in [0.25, 0.3) is 16.9 Å². The highest BCUT2D eigenvalue weighted by Gasteiger charge is 2.30. The van der Waals surface area contributed by atoms with Gasteiger partial charge in [0.05, 0.1) is 11.1 Å². The van der Waals surface area contributed by atoms with Crippen LogP contribution in [0.1, 0.15) is 45.8 Å². The van der Waals surface area contributed by atoms with E-state index in [1.165, 1.54) is 18.2 Å². The van der Waals surface area contributed by atoms with Crippen LogP contribution in [0.2, 0.25) is 0 Å². The van der Waals surface area contributed by atoms with Crippen molar-refractivity contribution >= 4 is 12.1 Å². The van der Waals surface area contributed by atoms with Crippen molar-refractivity contribution < 1.29 is 32.6 Å². The number of aromatic carboxylic acids is 1. The van der Waals surface area contributed by atoms with E-state index >= 15 is 0 Å². The number of alkyl carbamates (subject to hydrolysis) is 1. The fourth-order valence-corrected chi connectivity index (χ4v) is 3.90. The van der Waals surface area contributed by atoms with Gasteiger partial charge in [0.15, 0.2) is 0 Å². The minimum Gasteiger partial charge on any atom is -0.677 e. The van der Waals surface area contributed by atoms with Crippen LogP contribution in [0.4, 0.5) is 18.0 Å². The average Bonchev–Trinajstić information content (AvgIpc) is 2.97. The number of carbonyl (C=O) groups excluding carboxylic acids is 1. The zero-order chi connectivity index (χ0) is 29.8. The number of carboxylic acid groups (broad SMARTS) is 1. The Bertz CT molecular complexity index is 1430. The topological polar surface area (TPSA) is 112 Å². The molecule has 4 rings (SSSR count). The molecule has 4 aromatic rings. The Morgan fingerprint density at radius 2 is 1.56 bits per heavy atom. The molecule has 10 heteroatoms. The van der Waals surface area contributed by atoms with Gasteiger partial charge in [0.25, 0.3) is 0 Å². The molecule has 1 amide bonds. The van der Waals surface area contributed by atoms with Gasteiger partial charge >= 0.3 is 18.2 Å². The maximum Gasteiger partial charge on any atom is 0.416 e. The normalized spacial score (nSPS) is 11.5. The Morgan fingerprint density at radius 3 is 2.17 bits per heavy atom. The van der Waals surface area contributed by atoms with Gasteiger partial charge < -0.3 is 20.9 Å². The second-order valence-electron chi connectivity index (χ2n) is 8.85. The molecule has 41 heavy (non-hydrogen) atoms. The zero-order valence-electron chi connectivity index (χ0n) is 22.2. The molecule has 0 bridgehead atoms. The molecule has 0 saturated heterocycles. The Hall–Kier alpha value is -4.70. The summed E-state index contributed by atoms with van der Waals surface area (Å²) in [6.45, 7) is 2.05. The highest BCUT2D eigenvalue weighted by atomic mass is 19.4. The molecular weight excluding hydrogens is 535 g/mol. The molecule has 0 aliphatic rings. The second kappa shape index (κ2) is 14.6. The fraction of sp³-hybridized carbons (Fsp3) is 0.194. The summed E-state index contributed by atoms with van der Waals surface area (Å²) in [7, 11) is 0. The van der Waals surface area contributed by atoms with Crippen molar-refractivity contribution in [3.05, 3.63) is 131 Å². The summed E-state index contributed by atoms with van der Waals surface area (Å²) in [5, 5.41) is 12.1. The summed E-state index contributed by atoms with van der Waals surface area (Å²) in [6, 6.07) is 23.8. The third kappa shape index (κ3) is 9.18. The van der Waals surface area contributed by atoms with Gasteiger partial charge in [-0.25, -0.2) is 9.59 Å². The van der Waals surface area contributed by atoms with E-state index in [0.29, 0.717) is 28.8 Å². The molecule has 7 nitrogen and oxygen atoms in total. The Morgan fingerprint density at radius 1 is 0.927 bits per heavy atom. The van der Waals surface area contributed by atoms with E-state index in [1.807, 2.05) is 18.2 Å². The highest BCUT2D eigenvalue weighted by molar-refractivity contribution is 5.96. The van der Waals surface area contributed by atoms with Crippen LogP contribution in [0.5, 0.6) is 0 Å². The Labute approximate surface area is 235 Å². The standard InChI is InChI=1S/C24H20F3NO4.C7H9N2/c1-15(16-10-12-18(13-11-16)24(25,26)27)32-23(31)28-14-17-6-2-3-7-19(17)20-8-4-5-9-21(20)22(29)30;8-5-4-7-3-1-2-6-9-7/h2-13,15H,14H2,1H3,(H,28,31)(H,29,30);1-3,6,8H,4-5H2/q;-1/t15-;/m1./s1. The van der Waals surface area contributed by atoms with Gasteiger partial charge in [-0.3, -0.25) is 4.98 Å². The number of nitrogens with one attached hydrogen (secondary N) is 2. The van der Waals surface area contributed by atoms with E-state index in [9.17, 15) is 27.9 Å². The molecule has 1 aromatic heterocycles. The molecule has 214 valence electrons. The Kier molecular flexibility index (Phi) is 11.0. The highest BCUT2D eigenvalue weighted by Crippen LogP contribution is 2.30. The first-order valence-electron chi connectivity index (χ1n) is 12.7. The summed E-state index contributed by atoms with van der Waals surface area (Å²) in [4.78, 5) is 27.8. The molecule has 0 aliphatic heterocycles. The monoisotopic (exact) mass is 564 g/mol. The van der Waals surface area contributed by atoms with Crippen LogP contribution in [-0.4, -0.2) is 28.7 Å². The first-order chi connectivity index (χ1) is 19.6. The SMILES string of the molecule is C[C@@H](OC(=O)NCc1ccccc1-c1ccccc1C(=O)O)c1ccc(C(F)(F)F)cc1.[NH-]CCc1ccccn1. The lowest BCUT2D eigenvalue weighted by Crippen LogP contribution is -2.25. The van der Waals surface area contributed by atoms with Crippen molar-refractivity contribution in [2.24, 2.45) is 0 Å². The molecule has 0 spiro atoms. The van der Waals surface area contributed by atoms with Gasteiger partial charge in [-0.05, 0) is 65.9 Å². The van der Waals surface area contributed by atoms with Gasteiger partial charge in [-0.2, -0.15) is 13.2 Å². The quantitative estimate of drug-likeness (QED) is 0.227. The van der Waals surface area contributed by atoms with Crippen LogP contribution < -0.4 is 5.32 Å². The van der Waals surface area contributed by atoms with Gasteiger partial charge in [0.2, 0.25) is 0 Å². The lowest BCUT2D eigenvalue weighted by atomic mass is 9.95. The lowest BCUT2D eigenvalue weighted by Gasteiger charge is -2.16. The molecule has 0 aliphatic carbocycles. The summed E-state index contributed by atoms with van der Waals surface area (Å²) in [5.74, 6) is -1.06. The molecule has 0 unspecified atom stereocenters.